The summed E-state index contributed by atoms with van der Waals surface area (Å²) in [5.41, 5.74) is -0.0837. The molecule has 1 nitrogen and oxygen atoms in total. The molecule has 0 aromatic heterocycles. The van der Waals surface area contributed by atoms with Crippen LogP contribution in [0.25, 0.3) is 0 Å². The Morgan fingerprint density at radius 3 is 2.13 bits per heavy atom. The topological polar surface area (TPSA) is 20.2 Å². The average Bonchev–Trinajstić information content (AvgIpc) is 2.00. The summed E-state index contributed by atoms with van der Waals surface area (Å²) in [6.45, 7) is 11.3. The van der Waals surface area contributed by atoms with E-state index in [1.54, 1.807) is 0 Å². The van der Waals surface area contributed by atoms with Crippen LogP contribution in [0.5, 0.6) is 0 Å². The van der Waals surface area contributed by atoms with Crippen LogP contribution in [0.1, 0.15) is 66.7 Å². The molecule has 2 unspecified atom stereocenters. The lowest BCUT2D eigenvalue weighted by molar-refractivity contribution is -0.101. The van der Waals surface area contributed by atoms with Crippen LogP contribution in [0, 0.1) is 17.3 Å². The zero-order valence-corrected chi connectivity index (χ0v) is 11.1. The van der Waals surface area contributed by atoms with Crippen molar-refractivity contribution in [1.82, 2.24) is 0 Å². The summed E-state index contributed by atoms with van der Waals surface area (Å²) in [5, 5.41) is 10.8. The van der Waals surface area contributed by atoms with Gasteiger partial charge in [0.25, 0.3) is 0 Å². The molecule has 1 N–H and O–H groups in total. The minimum Gasteiger partial charge on any atom is -0.390 e. The van der Waals surface area contributed by atoms with Crippen molar-refractivity contribution >= 4 is 0 Å². The Kier molecular flexibility index (Phi) is 3.86. The van der Waals surface area contributed by atoms with Gasteiger partial charge in [0.2, 0.25) is 0 Å². The van der Waals surface area contributed by atoms with Gasteiger partial charge in [-0.3, -0.25) is 0 Å². The second-order valence-corrected chi connectivity index (χ2v) is 6.47. The molecule has 0 radical (unpaired) electrons. The molecule has 1 aliphatic carbocycles. The number of rotatable bonds is 3. The molecule has 0 bridgehead atoms. The predicted molar refractivity (Wildman–Crippen MR) is 65.8 cm³/mol. The summed E-state index contributed by atoms with van der Waals surface area (Å²) in [7, 11) is 0. The van der Waals surface area contributed by atoms with E-state index in [1.165, 1.54) is 6.42 Å². The summed E-state index contributed by atoms with van der Waals surface area (Å²) in [6, 6.07) is 0. The van der Waals surface area contributed by atoms with Crippen LogP contribution in [0.3, 0.4) is 0 Å². The van der Waals surface area contributed by atoms with E-state index in [0.29, 0.717) is 17.3 Å². The lowest BCUT2D eigenvalue weighted by Crippen LogP contribution is -2.47. The van der Waals surface area contributed by atoms with Crippen molar-refractivity contribution in [2.24, 2.45) is 17.3 Å². The van der Waals surface area contributed by atoms with Gasteiger partial charge in [-0.15, -0.1) is 0 Å². The molecule has 0 spiro atoms. The normalized spacial score (nSPS) is 35.8. The molecule has 0 aromatic carbocycles. The van der Waals surface area contributed by atoms with E-state index in [1.807, 2.05) is 0 Å². The Morgan fingerprint density at radius 1 is 1.20 bits per heavy atom. The van der Waals surface area contributed by atoms with E-state index in [2.05, 4.69) is 34.6 Å². The van der Waals surface area contributed by atoms with Crippen LogP contribution >= 0.6 is 0 Å². The summed E-state index contributed by atoms with van der Waals surface area (Å²) < 4.78 is 0. The Bertz CT molecular complexity index is 205. The van der Waals surface area contributed by atoms with Gasteiger partial charge in [0.05, 0.1) is 5.60 Å². The Labute approximate surface area is 95.3 Å². The fourth-order valence-corrected chi connectivity index (χ4v) is 3.95. The number of aliphatic hydroxyl groups is 1. The molecule has 1 fully saturated rings. The van der Waals surface area contributed by atoms with Crippen molar-refractivity contribution in [1.29, 1.82) is 0 Å². The highest BCUT2D eigenvalue weighted by molar-refractivity contribution is 4.96. The Balaban J connectivity index is 2.82. The van der Waals surface area contributed by atoms with Crippen LogP contribution in [0.4, 0.5) is 0 Å². The molecular formula is C14H28O. The van der Waals surface area contributed by atoms with E-state index in [9.17, 15) is 5.11 Å². The van der Waals surface area contributed by atoms with E-state index in [-0.39, 0.29) is 0 Å². The monoisotopic (exact) mass is 212 g/mol. The van der Waals surface area contributed by atoms with Gasteiger partial charge >= 0.3 is 0 Å². The number of hydrogen-bond acceptors (Lipinski definition) is 1. The molecule has 0 amide bonds. The fraction of sp³-hybridized carbons (Fsp3) is 1.00. The van der Waals surface area contributed by atoms with Gasteiger partial charge in [-0.2, -0.15) is 0 Å². The summed E-state index contributed by atoms with van der Waals surface area (Å²) in [4.78, 5) is 0. The lowest BCUT2D eigenvalue weighted by Gasteiger charge is -2.48. The zero-order valence-electron chi connectivity index (χ0n) is 11.1. The largest absolute Gasteiger partial charge is 0.390 e. The van der Waals surface area contributed by atoms with Crippen LogP contribution in [0.15, 0.2) is 0 Å². The number of hydrogen-bond donors (Lipinski definition) is 1. The van der Waals surface area contributed by atoms with Crippen molar-refractivity contribution in [2.75, 3.05) is 0 Å². The summed E-state index contributed by atoms with van der Waals surface area (Å²) in [5.74, 6) is 1.15. The molecule has 0 aliphatic heterocycles. The third-order valence-corrected chi connectivity index (χ3v) is 4.13. The first-order chi connectivity index (χ1) is 6.83. The van der Waals surface area contributed by atoms with Gasteiger partial charge in [-0.1, -0.05) is 47.5 Å². The molecular weight excluding hydrogens is 184 g/mol. The maximum Gasteiger partial charge on any atom is 0.0683 e. The molecule has 1 aliphatic rings. The van der Waals surface area contributed by atoms with Gasteiger partial charge in [-0.05, 0) is 36.5 Å². The minimum absolute atomic E-state index is 0.314. The first-order valence-electron chi connectivity index (χ1n) is 6.55. The van der Waals surface area contributed by atoms with E-state index >= 15 is 0 Å². The van der Waals surface area contributed by atoms with Gasteiger partial charge in [-0.25, -0.2) is 0 Å². The fourth-order valence-electron chi connectivity index (χ4n) is 3.95. The molecule has 0 saturated heterocycles. The smallest absolute Gasteiger partial charge is 0.0683 e. The molecule has 15 heavy (non-hydrogen) atoms. The molecule has 2 atom stereocenters. The van der Waals surface area contributed by atoms with Crippen molar-refractivity contribution in [3.8, 4) is 0 Å². The first-order valence-corrected chi connectivity index (χ1v) is 6.55. The molecule has 0 aromatic rings. The Morgan fingerprint density at radius 2 is 1.73 bits per heavy atom. The van der Waals surface area contributed by atoms with Crippen molar-refractivity contribution in [3.05, 3.63) is 0 Å². The second kappa shape index (κ2) is 4.45. The lowest BCUT2D eigenvalue weighted by atomic mass is 9.61. The molecule has 1 rings (SSSR count). The van der Waals surface area contributed by atoms with E-state index in [4.69, 9.17) is 0 Å². The highest BCUT2D eigenvalue weighted by atomic mass is 16.3. The maximum atomic E-state index is 10.8. The maximum absolute atomic E-state index is 10.8. The third-order valence-electron chi connectivity index (χ3n) is 4.13. The quantitative estimate of drug-likeness (QED) is 0.749. The third kappa shape index (κ3) is 2.96. The predicted octanol–water partition coefficient (Wildman–Crippen LogP) is 4.00. The van der Waals surface area contributed by atoms with Crippen molar-refractivity contribution < 1.29 is 5.11 Å². The minimum atomic E-state index is -0.398. The second-order valence-electron chi connectivity index (χ2n) is 6.47. The van der Waals surface area contributed by atoms with Crippen molar-refractivity contribution in [2.45, 2.75) is 72.3 Å². The van der Waals surface area contributed by atoms with Crippen LogP contribution in [0.2, 0.25) is 0 Å². The SMILES string of the molecule is CCC(CC)C1(O)CC(C)CC(C)(C)C1. The molecule has 1 heteroatoms. The Hall–Kier alpha value is -0.0400. The molecule has 0 heterocycles. The highest BCUT2D eigenvalue weighted by Gasteiger charge is 2.44. The van der Waals surface area contributed by atoms with Crippen LogP contribution < -0.4 is 0 Å². The molecule has 90 valence electrons. The molecule has 1 saturated carbocycles. The summed E-state index contributed by atoms with van der Waals surface area (Å²) in [6.07, 6.45) is 5.46. The van der Waals surface area contributed by atoms with Gasteiger partial charge in [0, 0.05) is 0 Å². The van der Waals surface area contributed by atoms with Gasteiger partial charge in [0.15, 0.2) is 0 Å². The standard InChI is InChI=1S/C14H28O/c1-6-12(7-2)14(15)9-11(3)8-13(4,5)10-14/h11-12,15H,6-10H2,1-5H3. The summed E-state index contributed by atoms with van der Waals surface area (Å²) >= 11 is 0. The van der Waals surface area contributed by atoms with Crippen molar-refractivity contribution in [3.63, 3.8) is 0 Å². The average molecular weight is 212 g/mol. The highest BCUT2D eigenvalue weighted by Crippen LogP contribution is 2.48. The first kappa shape index (κ1) is 13.0. The van der Waals surface area contributed by atoms with E-state index < -0.39 is 5.60 Å². The van der Waals surface area contributed by atoms with Gasteiger partial charge < -0.3 is 5.11 Å². The zero-order chi connectivity index (χ0) is 11.7. The van der Waals surface area contributed by atoms with Crippen LogP contribution in [-0.2, 0) is 0 Å². The van der Waals surface area contributed by atoms with Crippen LogP contribution in [-0.4, -0.2) is 10.7 Å². The van der Waals surface area contributed by atoms with Gasteiger partial charge in [0.1, 0.15) is 0 Å². The van der Waals surface area contributed by atoms with E-state index in [0.717, 1.165) is 25.7 Å².